The van der Waals surface area contributed by atoms with Crippen LogP contribution < -0.4 is 16.2 Å². The first-order valence-corrected chi connectivity index (χ1v) is 9.68. The number of fused-ring (bicyclic) bond motifs is 1. The number of likely N-dealkylation sites (tertiary alicyclic amines) is 1. The normalized spacial score (nSPS) is 20.3. The van der Waals surface area contributed by atoms with Crippen LogP contribution in [-0.2, 0) is 11.3 Å². The molecule has 3 N–H and O–H groups in total. The van der Waals surface area contributed by atoms with Crippen LogP contribution in [0, 0.1) is 5.92 Å². The quantitative estimate of drug-likeness (QED) is 0.710. The van der Waals surface area contributed by atoms with Gasteiger partial charge in [0.05, 0.1) is 18.8 Å². The van der Waals surface area contributed by atoms with Crippen LogP contribution in [0.4, 0.5) is 0 Å². The number of primary amides is 1. The molecule has 0 saturated carbocycles. The molecule has 1 fully saturated rings. The van der Waals surface area contributed by atoms with Crippen molar-refractivity contribution in [2.45, 2.75) is 19.4 Å². The molecule has 1 saturated heterocycles. The van der Waals surface area contributed by atoms with Gasteiger partial charge in [0.1, 0.15) is 12.2 Å². The number of carbonyl (C=O) groups excluding carboxylic acids is 1. The number of hydrogen-bond acceptors (Lipinski definition) is 4. The summed E-state index contributed by atoms with van der Waals surface area (Å²) >= 11 is 1.48. The highest BCUT2D eigenvalue weighted by Gasteiger charge is 2.26. The number of nitrogens with zero attached hydrogens (tertiary/aromatic N) is 2. The van der Waals surface area contributed by atoms with Crippen molar-refractivity contribution >= 4 is 22.2 Å². The largest absolute Gasteiger partial charge is 0.369 e. The van der Waals surface area contributed by atoms with E-state index in [1.165, 1.54) is 16.2 Å². The number of rotatable bonds is 4. The second-order valence-electron chi connectivity index (χ2n) is 6.79. The van der Waals surface area contributed by atoms with Gasteiger partial charge in [0, 0.05) is 30.2 Å². The predicted octanol–water partition coefficient (Wildman–Crippen LogP) is 0.703. The van der Waals surface area contributed by atoms with Gasteiger partial charge in [-0.1, -0.05) is 30.3 Å². The molecule has 1 aliphatic heterocycles. The van der Waals surface area contributed by atoms with E-state index < -0.39 is 0 Å². The minimum atomic E-state index is -0.200. The molecule has 2 aromatic heterocycles. The van der Waals surface area contributed by atoms with Crippen molar-refractivity contribution in [1.82, 2.24) is 9.38 Å². The first-order chi connectivity index (χ1) is 12.6. The van der Waals surface area contributed by atoms with Crippen molar-refractivity contribution in [2.24, 2.45) is 11.7 Å². The molecule has 1 aromatic carbocycles. The topological polar surface area (TPSA) is 81.9 Å². The summed E-state index contributed by atoms with van der Waals surface area (Å²) in [6.07, 6.45) is 1.62. The van der Waals surface area contributed by atoms with Gasteiger partial charge in [0.15, 0.2) is 4.96 Å². The van der Waals surface area contributed by atoms with Gasteiger partial charge < -0.3 is 10.6 Å². The summed E-state index contributed by atoms with van der Waals surface area (Å²) in [6, 6.07) is 11.5. The zero-order chi connectivity index (χ0) is 18.1. The number of benzene rings is 1. The lowest BCUT2D eigenvalue weighted by atomic mass is 9.96. The third kappa shape index (κ3) is 3.27. The van der Waals surface area contributed by atoms with Gasteiger partial charge in [-0.25, -0.2) is 4.98 Å². The molecule has 4 rings (SSSR count). The Bertz CT molecular complexity index is 988. The Morgan fingerprint density at radius 3 is 2.69 bits per heavy atom. The lowest BCUT2D eigenvalue weighted by Gasteiger charge is -2.27. The molecule has 0 aliphatic carbocycles. The summed E-state index contributed by atoms with van der Waals surface area (Å²) in [5.74, 6) is -0.209. The second kappa shape index (κ2) is 7.01. The number of amides is 1. The molecule has 0 atom stereocenters. The molecule has 7 heteroatoms. The lowest BCUT2D eigenvalue weighted by Crippen LogP contribution is -3.12. The van der Waals surface area contributed by atoms with E-state index in [4.69, 9.17) is 10.7 Å². The highest BCUT2D eigenvalue weighted by Crippen LogP contribution is 2.23. The third-order valence-corrected chi connectivity index (χ3v) is 5.88. The molecule has 6 nitrogen and oxygen atoms in total. The smallest absolute Gasteiger partial charge is 0.259 e. The van der Waals surface area contributed by atoms with Crippen LogP contribution >= 0.6 is 11.3 Å². The third-order valence-electron chi connectivity index (χ3n) is 5.05. The zero-order valence-electron chi connectivity index (χ0n) is 14.4. The molecule has 3 heterocycles. The average molecular weight is 369 g/mol. The van der Waals surface area contributed by atoms with Gasteiger partial charge in [-0.05, 0) is 5.56 Å². The number of aromatic nitrogens is 2. The highest BCUT2D eigenvalue weighted by atomic mass is 32.1. The first-order valence-electron chi connectivity index (χ1n) is 8.80. The molecule has 0 unspecified atom stereocenters. The average Bonchev–Trinajstić information content (AvgIpc) is 3.07. The number of nitrogens with two attached hydrogens (primary N) is 1. The molecule has 3 aromatic rings. The van der Waals surface area contributed by atoms with E-state index >= 15 is 0 Å². The van der Waals surface area contributed by atoms with Gasteiger partial charge in [-0.15, -0.1) is 11.3 Å². The molecule has 26 heavy (non-hydrogen) atoms. The molecule has 0 spiro atoms. The van der Waals surface area contributed by atoms with Crippen LogP contribution in [0.15, 0.2) is 46.6 Å². The van der Waals surface area contributed by atoms with Crippen molar-refractivity contribution in [3.05, 3.63) is 57.8 Å². The Balaban J connectivity index is 1.57. The number of quaternary nitrogens is 1. The summed E-state index contributed by atoms with van der Waals surface area (Å²) in [7, 11) is 0. The zero-order valence-corrected chi connectivity index (χ0v) is 15.2. The van der Waals surface area contributed by atoms with E-state index in [-0.39, 0.29) is 17.4 Å². The maximum atomic E-state index is 12.7. The van der Waals surface area contributed by atoms with Gasteiger partial charge >= 0.3 is 0 Å². The summed E-state index contributed by atoms with van der Waals surface area (Å²) in [5.41, 5.74) is 8.05. The van der Waals surface area contributed by atoms with Gasteiger partial charge in [0.25, 0.3) is 5.56 Å². The fraction of sp³-hybridized carbons (Fsp3) is 0.316. The molecule has 0 radical (unpaired) electrons. The summed E-state index contributed by atoms with van der Waals surface area (Å²) in [5, 5.41) is 1.98. The molecule has 0 bridgehead atoms. The lowest BCUT2D eigenvalue weighted by molar-refractivity contribution is -0.919. The van der Waals surface area contributed by atoms with E-state index in [1.54, 1.807) is 10.5 Å². The molecular formula is C19H21N4O2S+. The second-order valence-corrected chi connectivity index (χ2v) is 7.63. The number of carbonyl (C=O) groups is 1. The van der Waals surface area contributed by atoms with Crippen molar-refractivity contribution in [3.63, 3.8) is 0 Å². The summed E-state index contributed by atoms with van der Waals surface area (Å²) in [4.78, 5) is 30.8. The maximum absolute atomic E-state index is 12.7. The van der Waals surface area contributed by atoms with Crippen LogP contribution in [0.1, 0.15) is 18.5 Å². The van der Waals surface area contributed by atoms with Crippen LogP contribution in [0.25, 0.3) is 16.2 Å². The van der Waals surface area contributed by atoms with Crippen molar-refractivity contribution in [3.8, 4) is 11.3 Å². The van der Waals surface area contributed by atoms with Crippen LogP contribution in [-0.4, -0.2) is 28.4 Å². The van der Waals surface area contributed by atoms with Crippen molar-refractivity contribution in [2.75, 3.05) is 13.1 Å². The molecule has 1 aliphatic rings. The van der Waals surface area contributed by atoms with Crippen molar-refractivity contribution < 1.29 is 9.69 Å². The van der Waals surface area contributed by atoms with E-state index in [0.29, 0.717) is 6.54 Å². The Morgan fingerprint density at radius 1 is 1.27 bits per heavy atom. The van der Waals surface area contributed by atoms with E-state index in [9.17, 15) is 9.59 Å². The Morgan fingerprint density at radius 2 is 2.00 bits per heavy atom. The monoisotopic (exact) mass is 369 g/mol. The van der Waals surface area contributed by atoms with Crippen LogP contribution in [0.3, 0.4) is 0 Å². The number of hydrogen-bond donors (Lipinski definition) is 2. The minimum Gasteiger partial charge on any atom is -0.369 e. The number of nitrogens with one attached hydrogen (secondary N) is 1. The summed E-state index contributed by atoms with van der Waals surface area (Å²) in [6.45, 7) is 2.47. The molecule has 1 amide bonds. The van der Waals surface area contributed by atoms with E-state index in [0.717, 1.165) is 47.8 Å². The van der Waals surface area contributed by atoms with E-state index in [2.05, 4.69) is 0 Å². The fourth-order valence-corrected chi connectivity index (χ4v) is 4.53. The SMILES string of the molecule is NC(=O)C1CC[NH+](Cc2cc(=O)n3c(-c4ccccc4)csc3n2)CC1. The van der Waals surface area contributed by atoms with Gasteiger partial charge in [-0.3, -0.25) is 14.0 Å². The molecule has 134 valence electrons. The maximum Gasteiger partial charge on any atom is 0.259 e. The molecular weight excluding hydrogens is 348 g/mol. The standard InChI is InChI=1S/C19H20N4O2S/c20-18(25)14-6-8-22(9-7-14)11-15-10-17(24)23-16(12-26-19(23)21-15)13-4-2-1-3-5-13/h1-5,10,12,14H,6-9,11H2,(H2,20,25)/p+1. The number of thiazole rings is 1. The Kier molecular flexibility index (Phi) is 4.57. The van der Waals surface area contributed by atoms with Gasteiger partial charge in [0.2, 0.25) is 5.91 Å². The Hall–Kier alpha value is -2.51. The van der Waals surface area contributed by atoms with E-state index in [1.807, 2.05) is 35.7 Å². The van der Waals surface area contributed by atoms with Crippen LogP contribution in [0.5, 0.6) is 0 Å². The Labute approximate surface area is 154 Å². The van der Waals surface area contributed by atoms with Crippen LogP contribution in [0.2, 0.25) is 0 Å². The highest BCUT2D eigenvalue weighted by molar-refractivity contribution is 7.15. The first kappa shape index (κ1) is 16.9. The predicted molar refractivity (Wildman–Crippen MR) is 101 cm³/mol. The van der Waals surface area contributed by atoms with Crippen molar-refractivity contribution in [1.29, 1.82) is 0 Å². The minimum absolute atomic E-state index is 0.00876. The summed E-state index contributed by atoms with van der Waals surface area (Å²) < 4.78 is 1.68. The van der Waals surface area contributed by atoms with Gasteiger partial charge in [-0.2, -0.15) is 0 Å². The fourth-order valence-electron chi connectivity index (χ4n) is 3.61. The number of piperidine rings is 1.